The van der Waals surface area contributed by atoms with Gasteiger partial charge in [-0.1, -0.05) is 30.3 Å². The minimum atomic E-state index is -0.403. The fourth-order valence-corrected chi connectivity index (χ4v) is 3.43. The highest BCUT2D eigenvalue weighted by Crippen LogP contribution is 2.33. The van der Waals surface area contributed by atoms with Crippen LogP contribution in [0.4, 0.5) is 5.82 Å². The molecule has 0 atom stereocenters. The first-order valence-electron chi connectivity index (χ1n) is 6.49. The number of thiophene rings is 1. The largest absolute Gasteiger partial charge is 0.457 e. The summed E-state index contributed by atoms with van der Waals surface area (Å²) in [6.45, 7) is 2.01. The highest BCUT2D eigenvalue weighted by atomic mass is 35.5. The van der Waals surface area contributed by atoms with E-state index in [1.807, 2.05) is 30.3 Å². The zero-order valence-corrected chi connectivity index (χ0v) is 13.2. The molecule has 112 valence electrons. The molecule has 0 unspecified atom stereocenters. The van der Waals surface area contributed by atoms with Crippen molar-refractivity contribution in [3.8, 4) is 0 Å². The van der Waals surface area contributed by atoms with Gasteiger partial charge in [0.25, 0.3) is 0 Å². The highest BCUT2D eigenvalue weighted by molar-refractivity contribution is 7.20. The average molecular weight is 334 g/mol. The molecule has 0 aliphatic rings. The second-order valence-corrected chi connectivity index (χ2v) is 6.01. The standard InChI is InChI=1S/C15H12ClN3O2S/c1-8-10-12(17)18-15(16)19-13(10)22-11(8)14(20)21-7-9-5-3-2-4-6-9/h2-6H,7H2,1H3,(H2,17,18,19). The number of esters is 1. The monoisotopic (exact) mass is 333 g/mol. The molecule has 1 aromatic carbocycles. The van der Waals surface area contributed by atoms with Gasteiger partial charge in [0.1, 0.15) is 22.1 Å². The van der Waals surface area contributed by atoms with Crippen LogP contribution in [0, 0.1) is 6.92 Å². The quantitative estimate of drug-likeness (QED) is 0.585. The number of aromatic nitrogens is 2. The first kappa shape index (κ1) is 14.7. The van der Waals surface area contributed by atoms with Crippen molar-refractivity contribution < 1.29 is 9.53 Å². The number of ether oxygens (including phenoxy) is 1. The molecule has 0 aliphatic heterocycles. The number of anilines is 1. The summed E-state index contributed by atoms with van der Waals surface area (Å²) in [6.07, 6.45) is 0. The number of nitrogens with zero attached hydrogens (tertiary/aromatic N) is 2. The molecule has 22 heavy (non-hydrogen) atoms. The number of carbonyl (C=O) groups excluding carboxylic acids is 1. The van der Waals surface area contributed by atoms with Crippen LogP contribution in [0.5, 0.6) is 0 Å². The van der Waals surface area contributed by atoms with Crippen molar-refractivity contribution in [1.29, 1.82) is 0 Å². The Labute approximate surface area is 135 Å². The normalized spacial score (nSPS) is 10.8. The lowest BCUT2D eigenvalue weighted by atomic mass is 10.2. The lowest BCUT2D eigenvalue weighted by molar-refractivity contribution is 0.0478. The van der Waals surface area contributed by atoms with Crippen LogP contribution in [0.3, 0.4) is 0 Å². The van der Waals surface area contributed by atoms with Gasteiger partial charge in [0.05, 0.1) is 5.39 Å². The maximum atomic E-state index is 12.3. The van der Waals surface area contributed by atoms with Crippen molar-refractivity contribution in [2.24, 2.45) is 0 Å². The molecule has 0 fully saturated rings. The van der Waals surface area contributed by atoms with E-state index in [1.165, 1.54) is 11.3 Å². The Kier molecular flexibility index (Phi) is 3.96. The van der Waals surface area contributed by atoms with Crippen molar-refractivity contribution in [3.05, 3.63) is 51.6 Å². The Morgan fingerprint density at radius 1 is 1.32 bits per heavy atom. The van der Waals surface area contributed by atoms with E-state index in [4.69, 9.17) is 22.1 Å². The molecular formula is C15H12ClN3O2S. The molecule has 3 aromatic rings. The number of halogens is 1. The van der Waals surface area contributed by atoms with Gasteiger partial charge in [-0.3, -0.25) is 0 Å². The minimum absolute atomic E-state index is 0.0652. The molecule has 0 aliphatic carbocycles. The zero-order valence-electron chi connectivity index (χ0n) is 11.7. The number of carbonyl (C=O) groups is 1. The maximum Gasteiger partial charge on any atom is 0.349 e. The first-order chi connectivity index (χ1) is 10.6. The van der Waals surface area contributed by atoms with Gasteiger partial charge in [-0.25, -0.2) is 14.8 Å². The smallest absolute Gasteiger partial charge is 0.349 e. The van der Waals surface area contributed by atoms with Gasteiger partial charge in [0.2, 0.25) is 5.28 Å². The third kappa shape index (κ3) is 2.75. The molecule has 7 heteroatoms. The van der Waals surface area contributed by atoms with Crippen LogP contribution in [0.2, 0.25) is 5.28 Å². The zero-order chi connectivity index (χ0) is 15.7. The Morgan fingerprint density at radius 2 is 2.05 bits per heavy atom. The summed E-state index contributed by atoms with van der Waals surface area (Å²) in [4.78, 5) is 21.3. The molecule has 2 N–H and O–H groups in total. The average Bonchev–Trinajstić information content (AvgIpc) is 2.83. The van der Waals surface area contributed by atoms with Crippen LogP contribution in [0.25, 0.3) is 10.2 Å². The Bertz CT molecular complexity index is 849. The van der Waals surface area contributed by atoms with Crippen molar-refractivity contribution in [3.63, 3.8) is 0 Å². The lowest BCUT2D eigenvalue weighted by Crippen LogP contribution is -2.04. The van der Waals surface area contributed by atoms with Crippen molar-refractivity contribution >= 4 is 44.9 Å². The number of aryl methyl sites for hydroxylation is 1. The molecule has 0 spiro atoms. The highest BCUT2D eigenvalue weighted by Gasteiger charge is 2.20. The van der Waals surface area contributed by atoms with Gasteiger partial charge in [0, 0.05) is 0 Å². The van der Waals surface area contributed by atoms with E-state index < -0.39 is 5.97 Å². The van der Waals surface area contributed by atoms with Gasteiger partial charge in [-0.05, 0) is 29.7 Å². The second-order valence-electron chi connectivity index (χ2n) is 4.68. The molecule has 2 aromatic heterocycles. The molecule has 3 rings (SSSR count). The van der Waals surface area contributed by atoms with Crippen LogP contribution >= 0.6 is 22.9 Å². The molecule has 5 nitrogen and oxygen atoms in total. The summed E-state index contributed by atoms with van der Waals surface area (Å²) in [6, 6.07) is 9.49. The maximum absolute atomic E-state index is 12.3. The predicted octanol–water partition coefficient (Wildman–Crippen LogP) is 3.59. The molecule has 0 saturated heterocycles. The Morgan fingerprint density at radius 3 is 2.77 bits per heavy atom. The van der Waals surface area contributed by atoms with Crippen LogP contribution in [-0.2, 0) is 11.3 Å². The number of benzene rings is 1. The van der Waals surface area contributed by atoms with E-state index in [2.05, 4.69) is 9.97 Å². The number of nitrogens with two attached hydrogens (primary N) is 1. The number of fused-ring (bicyclic) bond motifs is 1. The number of nitrogen functional groups attached to an aromatic ring is 1. The minimum Gasteiger partial charge on any atom is -0.457 e. The van der Waals surface area contributed by atoms with E-state index in [0.29, 0.717) is 20.7 Å². The van der Waals surface area contributed by atoms with Crippen molar-refractivity contribution in [2.75, 3.05) is 5.73 Å². The van der Waals surface area contributed by atoms with Crippen LogP contribution in [-0.4, -0.2) is 15.9 Å². The Balaban J connectivity index is 1.88. The Hall–Kier alpha value is -2.18. The van der Waals surface area contributed by atoms with Crippen LogP contribution < -0.4 is 5.73 Å². The van der Waals surface area contributed by atoms with E-state index in [9.17, 15) is 4.79 Å². The molecule has 0 saturated carbocycles. The van der Waals surface area contributed by atoms with E-state index in [0.717, 1.165) is 5.56 Å². The topological polar surface area (TPSA) is 78.1 Å². The summed E-state index contributed by atoms with van der Waals surface area (Å²) < 4.78 is 5.34. The van der Waals surface area contributed by atoms with Gasteiger partial charge in [-0.15, -0.1) is 11.3 Å². The third-order valence-corrected chi connectivity index (χ3v) is 4.52. The van der Waals surface area contributed by atoms with Gasteiger partial charge < -0.3 is 10.5 Å². The fraction of sp³-hybridized carbons (Fsp3) is 0.133. The second kappa shape index (κ2) is 5.90. The van der Waals surface area contributed by atoms with Gasteiger partial charge in [0.15, 0.2) is 0 Å². The van der Waals surface area contributed by atoms with E-state index >= 15 is 0 Å². The fourth-order valence-electron chi connectivity index (χ4n) is 2.13. The van der Waals surface area contributed by atoms with Crippen molar-refractivity contribution in [2.45, 2.75) is 13.5 Å². The SMILES string of the molecule is Cc1c(C(=O)OCc2ccccc2)sc2nc(Cl)nc(N)c12. The molecule has 0 bridgehead atoms. The third-order valence-electron chi connectivity index (χ3n) is 3.19. The van der Waals surface area contributed by atoms with Crippen LogP contribution in [0.15, 0.2) is 30.3 Å². The van der Waals surface area contributed by atoms with E-state index in [1.54, 1.807) is 6.92 Å². The summed E-state index contributed by atoms with van der Waals surface area (Å²) in [5, 5.41) is 0.719. The number of rotatable bonds is 3. The van der Waals surface area contributed by atoms with Gasteiger partial charge >= 0.3 is 5.97 Å². The summed E-state index contributed by atoms with van der Waals surface area (Å²) in [5.41, 5.74) is 7.50. The summed E-state index contributed by atoms with van der Waals surface area (Å²) >= 11 is 7.00. The summed E-state index contributed by atoms with van der Waals surface area (Å²) in [7, 11) is 0. The van der Waals surface area contributed by atoms with Crippen molar-refractivity contribution in [1.82, 2.24) is 9.97 Å². The number of hydrogen-bond acceptors (Lipinski definition) is 6. The lowest BCUT2D eigenvalue weighted by Gasteiger charge is -2.04. The molecular weight excluding hydrogens is 322 g/mol. The molecule has 0 amide bonds. The summed E-state index contributed by atoms with van der Waals surface area (Å²) in [5.74, 6) is -0.134. The molecule has 0 radical (unpaired) electrons. The van der Waals surface area contributed by atoms with E-state index in [-0.39, 0.29) is 17.7 Å². The van der Waals surface area contributed by atoms with Gasteiger partial charge in [-0.2, -0.15) is 0 Å². The predicted molar refractivity (Wildman–Crippen MR) is 87.1 cm³/mol. The number of hydrogen-bond donors (Lipinski definition) is 1. The van der Waals surface area contributed by atoms with Crippen LogP contribution in [0.1, 0.15) is 20.8 Å². The first-order valence-corrected chi connectivity index (χ1v) is 7.69. The molecule has 2 heterocycles.